The molecule has 0 fully saturated rings. The van der Waals surface area contributed by atoms with Crippen LogP contribution in [0.15, 0.2) is 218 Å². The molecule has 54 heavy (non-hydrogen) atoms. The summed E-state index contributed by atoms with van der Waals surface area (Å²) in [6, 6.07) is 79.0. The Morgan fingerprint density at radius 1 is 0.315 bits per heavy atom. The lowest BCUT2D eigenvalue weighted by molar-refractivity contribution is 1.18. The van der Waals surface area contributed by atoms with Gasteiger partial charge in [0.05, 0.1) is 22.4 Å². The lowest BCUT2D eigenvalue weighted by Crippen LogP contribution is -2.11. The average Bonchev–Trinajstić information content (AvgIpc) is 3.58. The normalized spacial score (nSPS) is 11.3. The van der Waals surface area contributed by atoms with E-state index >= 15 is 0 Å². The van der Waals surface area contributed by atoms with Crippen molar-refractivity contribution < 1.29 is 0 Å². The van der Waals surface area contributed by atoms with E-state index in [2.05, 4.69) is 228 Å². The Labute approximate surface area is 315 Å². The molecule has 0 aliphatic heterocycles. The van der Waals surface area contributed by atoms with Crippen molar-refractivity contribution in [1.29, 1.82) is 0 Å². The molecule has 0 amide bonds. The van der Waals surface area contributed by atoms with Crippen LogP contribution in [0.4, 0.5) is 17.1 Å². The molecule has 10 rings (SSSR count). The summed E-state index contributed by atoms with van der Waals surface area (Å²) in [6.07, 6.45) is 0. The highest BCUT2D eigenvalue weighted by atomic mass is 15.1. The fraction of sp³-hybridized carbons (Fsp3) is 0. The van der Waals surface area contributed by atoms with Crippen molar-refractivity contribution in [3.8, 4) is 39.1 Å². The van der Waals surface area contributed by atoms with E-state index in [0.29, 0.717) is 0 Å². The molecular weight excluding hydrogens is 653 g/mol. The Balaban J connectivity index is 1.21. The van der Waals surface area contributed by atoms with Crippen LogP contribution in [0.2, 0.25) is 0 Å². The fourth-order valence-electron chi connectivity index (χ4n) is 8.02. The van der Waals surface area contributed by atoms with Gasteiger partial charge in [-0.25, -0.2) is 0 Å². The molecule has 0 aliphatic rings. The lowest BCUT2D eigenvalue weighted by atomic mass is 9.95. The van der Waals surface area contributed by atoms with Gasteiger partial charge in [-0.2, -0.15) is 0 Å². The highest BCUT2D eigenvalue weighted by molar-refractivity contribution is 6.11. The molecule has 0 saturated carbocycles. The van der Waals surface area contributed by atoms with E-state index in [9.17, 15) is 0 Å². The molecule has 0 bridgehead atoms. The van der Waals surface area contributed by atoms with Gasteiger partial charge in [0.2, 0.25) is 0 Å². The number of nitrogens with zero attached hydrogens (tertiary/aromatic N) is 2. The molecule has 0 saturated heterocycles. The predicted molar refractivity (Wildman–Crippen MR) is 229 cm³/mol. The summed E-state index contributed by atoms with van der Waals surface area (Å²) in [4.78, 5) is 2.41. The second-order valence-corrected chi connectivity index (χ2v) is 13.8. The van der Waals surface area contributed by atoms with Crippen LogP contribution < -0.4 is 4.90 Å². The van der Waals surface area contributed by atoms with Gasteiger partial charge in [0.1, 0.15) is 0 Å². The zero-order valence-electron chi connectivity index (χ0n) is 29.7. The maximum absolute atomic E-state index is 2.45. The minimum Gasteiger partial charge on any atom is -0.310 e. The van der Waals surface area contributed by atoms with E-state index < -0.39 is 0 Å². The third-order valence-corrected chi connectivity index (χ3v) is 10.6. The Kier molecular flexibility index (Phi) is 7.85. The van der Waals surface area contributed by atoms with E-state index in [-0.39, 0.29) is 0 Å². The summed E-state index contributed by atoms with van der Waals surface area (Å²) < 4.78 is 2.45. The van der Waals surface area contributed by atoms with Crippen LogP contribution in [-0.4, -0.2) is 4.57 Å². The standard InChI is InChI=1S/C52H36N2/c1-4-17-38(18-5-1)45-24-12-14-26-49(45)54-50-27-15-13-25-46(50)47-32-31-44(36-52(47)54)53(43-22-8-3-9-23-43)51-33-30-42(35-48(51)39-19-6-2-7-20-39)41-29-28-37-16-10-11-21-40(37)34-41/h1-36H. The smallest absolute Gasteiger partial charge is 0.0562 e. The van der Waals surface area contributed by atoms with Gasteiger partial charge in [0, 0.05) is 33.3 Å². The van der Waals surface area contributed by atoms with Crippen molar-refractivity contribution in [3.05, 3.63) is 218 Å². The summed E-state index contributed by atoms with van der Waals surface area (Å²) in [6.45, 7) is 0. The van der Waals surface area contributed by atoms with Crippen LogP contribution in [-0.2, 0) is 0 Å². The summed E-state index contributed by atoms with van der Waals surface area (Å²) >= 11 is 0. The number of hydrogen-bond acceptors (Lipinski definition) is 1. The van der Waals surface area contributed by atoms with E-state index in [0.717, 1.165) is 28.3 Å². The molecule has 0 unspecified atom stereocenters. The van der Waals surface area contributed by atoms with Crippen molar-refractivity contribution >= 4 is 49.6 Å². The first-order valence-electron chi connectivity index (χ1n) is 18.5. The van der Waals surface area contributed by atoms with Gasteiger partial charge in [-0.05, 0) is 87.6 Å². The van der Waals surface area contributed by atoms with E-state index in [4.69, 9.17) is 0 Å². The lowest BCUT2D eigenvalue weighted by Gasteiger charge is -2.28. The highest BCUT2D eigenvalue weighted by Crippen LogP contribution is 2.45. The molecule has 0 spiro atoms. The van der Waals surface area contributed by atoms with E-state index in [1.165, 1.54) is 60.4 Å². The third-order valence-electron chi connectivity index (χ3n) is 10.6. The maximum atomic E-state index is 2.45. The minimum absolute atomic E-state index is 1.09. The molecule has 0 N–H and O–H groups in total. The van der Waals surface area contributed by atoms with Crippen molar-refractivity contribution in [2.24, 2.45) is 0 Å². The number of rotatable bonds is 7. The zero-order valence-corrected chi connectivity index (χ0v) is 29.7. The third kappa shape index (κ3) is 5.53. The number of aromatic nitrogens is 1. The van der Waals surface area contributed by atoms with Crippen LogP contribution in [0, 0.1) is 0 Å². The second-order valence-electron chi connectivity index (χ2n) is 13.8. The van der Waals surface area contributed by atoms with Gasteiger partial charge in [0.25, 0.3) is 0 Å². The molecule has 1 heterocycles. The Morgan fingerprint density at radius 3 is 1.70 bits per heavy atom. The van der Waals surface area contributed by atoms with Gasteiger partial charge in [0.15, 0.2) is 0 Å². The topological polar surface area (TPSA) is 8.17 Å². The average molecular weight is 689 g/mol. The number of anilines is 3. The summed E-state index contributed by atoms with van der Waals surface area (Å²) in [5.74, 6) is 0. The molecule has 9 aromatic carbocycles. The zero-order chi connectivity index (χ0) is 35.8. The molecule has 10 aromatic rings. The Morgan fingerprint density at radius 2 is 0.907 bits per heavy atom. The van der Waals surface area contributed by atoms with Crippen LogP contribution in [0.1, 0.15) is 0 Å². The van der Waals surface area contributed by atoms with Crippen LogP contribution in [0.5, 0.6) is 0 Å². The van der Waals surface area contributed by atoms with Gasteiger partial charge in [-0.15, -0.1) is 0 Å². The van der Waals surface area contributed by atoms with E-state index in [1.807, 2.05) is 0 Å². The first-order valence-corrected chi connectivity index (χ1v) is 18.5. The van der Waals surface area contributed by atoms with Gasteiger partial charge < -0.3 is 9.47 Å². The molecule has 2 nitrogen and oxygen atoms in total. The largest absolute Gasteiger partial charge is 0.310 e. The monoisotopic (exact) mass is 688 g/mol. The molecular formula is C52H36N2. The van der Waals surface area contributed by atoms with Crippen LogP contribution >= 0.6 is 0 Å². The summed E-state index contributed by atoms with van der Waals surface area (Å²) in [7, 11) is 0. The molecule has 0 atom stereocenters. The number of benzene rings is 9. The van der Waals surface area contributed by atoms with Gasteiger partial charge >= 0.3 is 0 Å². The van der Waals surface area contributed by atoms with E-state index in [1.54, 1.807) is 0 Å². The molecule has 2 heteroatoms. The van der Waals surface area contributed by atoms with Crippen molar-refractivity contribution in [2.45, 2.75) is 0 Å². The predicted octanol–water partition coefficient (Wildman–Crippen LogP) is 14.4. The summed E-state index contributed by atoms with van der Waals surface area (Å²) in [5.41, 5.74) is 13.9. The van der Waals surface area contributed by atoms with Gasteiger partial charge in [-0.1, -0.05) is 164 Å². The van der Waals surface area contributed by atoms with Crippen molar-refractivity contribution in [1.82, 2.24) is 4.57 Å². The van der Waals surface area contributed by atoms with Crippen LogP contribution in [0.25, 0.3) is 71.6 Å². The van der Waals surface area contributed by atoms with Crippen molar-refractivity contribution in [3.63, 3.8) is 0 Å². The first kappa shape index (κ1) is 31.6. The molecule has 254 valence electrons. The van der Waals surface area contributed by atoms with Gasteiger partial charge in [-0.3, -0.25) is 0 Å². The second kappa shape index (κ2) is 13.4. The fourth-order valence-corrected chi connectivity index (χ4v) is 8.02. The molecule has 0 radical (unpaired) electrons. The number of para-hydroxylation sites is 3. The highest BCUT2D eigenvalue weighted by Gasteiger charge is 2.21. The molecule has 0 aliphatic carbocycles. The number of hydrogen-bond donors (Lipinski definition) is 0. The first-order chi connectivity index (χ1) is 26.8. The summed E-state index contributed by atoms with van der Waals surface area (Å²) in [5, 5.41) is 4.94. The minimum atomic E-state index is 1.09. The maximum Gasteiger partial charge on any atom is 0.0562 e. The van der Waals surface area contributed by atoms with Crippen LogP contribution in [0.3, 0.4) is 0 Å². The van der Waals surface area contributed by atoms with Crippen molar-refractivity contribution in [2.75, 3.05) is 4.90 Å². The number of fused-ring (bicyclic) bond motifs is 4. The Hall–Kier alpha value is -7.16. The SMILES string of the molecule is c1ccc(-c2cc(-c3ccc4ccccc4c3)ccc2N(c2ccccc2)c2ccc3c4ccccc4n(-c4ccccc4-c4ccccc4)c3c2)cc1. The Bertz CT molecular complexity index is 2930. The quantitative estimate of drug-likeness (QED) is 0.162. The molecule has 1 aromatic heterocycles.